The molecule has 6 heteroatoms. The minimum atomic E-state index is -0.320. The molecule has 2 fully saturated rings. The van der Waals surface area contributed by atoms with Gasteiger partial charge in [-0.1, -0.05) is 0 Å². The number of rotatable bonds is 5. The molecule has 5 nitrogen and oxygen atoms in total. The molecule has 0 spiro atoms. The minimum absolute atomic E-state index is 0.0949. The summed E-state index contributed by atoms with van der Waals surface area (Å²) in [7, 11) is 1.90. The summed E-state index contributed by atoms with van der Waals surface area (Å²) in [5, 5.41) is 2.78. The van der Waals surface area contributed by atoms with Crippen molar-refractivity contribution >= 4 is 17.5 Å². The first kappa shape index (κ1) is 16.9. The lowest BCUT2D eigenvalue weighted by molar-refractivity contribution is -0.134. The van der Waals surface area contributed by atoms with Gasteiger partial charge >= 0.3 is 0 Å². The third kappa shape index (κ3) is 4.32. The number of carbonyl (C=O) groups is 2. The first-order valence-corrected chi connectivity index (χ1v) is 8.57. The van der Waals surface area contributed by atoms with Crippen molar-refractivity contribution in [3.63, 3.8) is 0 Å². The first-order valence-electron chi connectivity index (χ1n) is 8.57. The lowest BCUT2D eigenvalue weighted by Crippen LogP contribution is -2.47. The number of amides is 2. The lowest BCUT2D eigenvalue weighted by Gasteiger charge is -2.36. The molecule has 1 saturated carbocycles. The van der Waals surface area contributed by atoms with E-state index in [1.807, 2.05) is 11.9 Å². The highest BCUT2D eigenvalue weighted by molar-refractivity contribution is 5.92. The third-order valence-electron chi connectivity index (χ3n) is 4.87. The van der Waals surface area contributed by atoms with Crippen LogP contribution in [0.25, 0.3) is 0 Å². The van der Waals surface area contributed by atoms with Crippen molar-refractivity contribution in [2.45, 2.75) is 31.7 Å². The van der Waals surface area contributed by atoms with Crippen LogP contribution in [-0.4, -0.2) is 54.3 Å². The average Bonchev–Trinajstić information content (AvgIpc) is 3.41. The molecule has 24 heavy (non-hydrogen) atoms. The van der Waals surface area contributed by atoms with E-state index in [0.29, 0.717) is 12.2 Å². The zero-order valence-electron chi connectivity index (χ0n) is 14.0. The van der Waals surface area contributed by atoms with Crippen LogP contribution in [-0.2, 0) is 9.59 Å². The number of likely N-dealkylation sites (tertiary alicyclic amines) is 1. The zero-order chi connectivity index (χ0) is 17.1. The summed E-state index contributed by atoms with van der Waals surface area (Å²) in [6, 6.07) is 6.05. The molecule has 3 rings (SSSR count). The fraction of sp³-hybridized carbons (Fsp3) is 0.556. The van der Waals surface area contributed by atoms with Crippen molar-refractivity contribution in [3.8, 4) is 0 Å². The molecule has 1 aromatic carbocycles. The summed E-state index contributed by atoms with van der Waals surface area (Å²) in [6.45, 7) is 1.94. The van der Waals surface area contributed by atoms with Crippen LogP contribution in [0.1, 0.15) is 25.7 Å². The van der Waals surface area contributed by atoms with Gasteiger partial charge in [0.25, 0.3) is 0 Å². The second kappa shape index (κ2) is 7.30. The number of hydrogen-bond donors (Lipinski definition) is 1. The minimum Gasteiger partial charge on any atom is -0.342 e. The molecule has 1 aliphatic heterocycles. The Labute approximate surface area is 141 Å². The number of halogens is 1. The van der Waals surface area contributed by atoms with Gasteiger partial charge in [-0.25, -0.2) is 4.39 Å². The molecule has 0 aromatic heterocycles. The molecular weight excluding hydrogens is 309 g/mol. The molecular formula is C18H24FN3O2. The van der Waals surface area contributed by atoms with E-state index in [0.717, 1.165) is 38.8 Å². The highest BCUT2D eigenvalue weighted by Gasteiger charge is 2.35. The standard InChI is InChI=1S/C18H24FN3O2/c1-21(18(24)13-2-3-13)16-8-10-22(11-9-16)12-17(23)20-15-6-4-14(19)5-7-15/h4-7,13,16H,2-3,8-12H2,1H3,(H,20,23). The van der Waals surface area contributed by atoms with E-state index in [4.69, 9.17) is 0 Å². The van der Waals surface area contributed by atoms with E-state index >= 15 is 0 Å². The van der Waals surface area contributed by atoms with E-state index in [1.165, 1.54) is 12.1 Å². The highest BCUT2D eigenvalue weighted by Crippen LogP contribution is 2.32. The normalized spacial score (nSPS) is 19.1. The van der Waals surface area contributed by atoms with Gasteiger partial charge in [-0.3, -0.25) is 14.5 Å². The number of nitrogens with zero attached hydrogens (tertiary/aromatic N) is 2. The summed E-state index contributed by atoms with van der Waals surface area (Å²) in [6.07, 6.45) is 3.87. The molecule has 2 amide bonds. The maximum absolute atomic E-state index is 12.9. The Balaban J connectivity index is 1.42. The maximum atomic E-state index is 12.9. The lowest BCUT2D eigenvalue weighted by atomic mass is 10.0. The van der Waals surface area contributed by atoms with Gasteiger partial charge in [0.15, 0.2) is 0 Å². The monoisotopic (exact) mass is 333 g/mol. The van der Waals surface area contributed by atoms with Crippen LogP contribution in [0.2, 0.25) is 0 Å². The number of hydrogen-bond acceptors (Lipinski definition) is 3. The molecule has 0 bridgehead atoms. The van der Waals surface area contributed by atoms with Crippen LogP contribution in [0.15, 0.2) is 24.3 Å². The van der Waals surface area contributed by atoms with Gasteiger partial charge in [-0.05, 0) is 49.9 Å². The Morgan fingerprint density at radius 2 is 1.79 bits per heavy atom. The van der Waals surface area contributed by atoms with Gasteiger partial charge in [0.2, 0.25) is 11.8 Å². The van der Waals surface area contributed by atoms with E-state index < -0.39 is 0 Å². The van der Waals surface area contributed by atoms with Gasteiger partial charge in [0.05, 0.1) is 6.54 Å². The SMILES string of the molecule is CN(C(=O)C1CC1)C1CCN(CC(=O)Nc2ccc(F)cc2)CC1. The van der Waals surface area contributed by atoms with Crippen molar-refractivity contribution in [2.24, 2.45) is 5.92 Å². The number of anilines is 1. The molecule has 1 aliphatic carbocycles. The van der Waals surface area contributed by atoms with Crippen LogP contribution >= 0.6 is 0 Å². The van der Waals surface area contributed by atoms with Gasteiger partial charge in [-0.15, -0.1) is 0 Å². The second-order valence-corrected chi connectivity index (χ2v) is 6.79. The van der Waals surface area contributed by atoms with E-state index in [1.54, 1.807) is 12.1 Å². The Bertz CT molecular complexity index is 593. The Kier molecular flexibility index (Phi) is 5.14. The maximum Gasteiger partial charge on any atom is 0.238 e. The van der Waals surface area contributed by atoms with Gasteiger partial charge in [-0.2, -0.15) is 0 Å². The molecule has 0 atom stereocenters. The van der Waals surface area contributed by atoms with E-state index in [2.05, 4.69) is 10.2 Å². The zero-order valence-corrected chi connectivity index (χ0v) is 14.0. The van der Waals surface area contributed by atoms with E-state index in [9.17, 15) is 14.0 Å². The molecule has 0 unspecified atom stereocenters. The topological polar surface area (TPSA) is 52.7 Å². The molecule has 1 saturated heterocycles. The van der Waals surface area contributed by atoms with Gasteiger partial charge < -0.3 is 10.2 Å². The number of carbonyl (C=O) groups excluding carboxylic acids is 2. The summed E-state index contributed by atoms with van der Waals surface area (Å²) < 4.78 is 12.9. The highest BCUT2D eigenvalue weighted by atomic mass is 19.1. The Morgan fingerprint density at radius 1 is 1.17 bits per heavy atom. The summed E-state index contributed by atoms with van der Waals surface area (Å²) in [5.74, 6) is 0.124. The predicted octanol–water partition coefficient (Wildman–Crippen LogP) is 2.10. The quantitative estimate of drug-likeness (QED) is 0.898. The van der Waals surface area contributed by atoms with E-state index in [-0.39, 0.29) is 29.6 Å². The van der Waals surface area contributed by atoms with Crippen molar-refractivity contribution in [1.82, 2.24) is 9.80 Å². The molecule has 130 valence electrons. The van der Waals surface area contributed by atoms with Gasteiger partial charge in [0.1, 0.15) is 5.82 Å². The first-order chi connectivity index (χ1) is 11.5. The predicted molar refractivity (Wildman–Crippen MR) is 90.0 cm³/mol. The van der Waals surface area contributed by atoms with Crippen LogP contribution in [0.4, 0.5) is 10.1 Å². The van der Waals surface area contributed by atoms with Crippen LogP contribution in [0, 0.1) is 11.7 Å². The Morgan fingerprint density at radius 3 is 2.38 bits per heavy atom. The molecule has 1 aromatic rings. The molecule has 1 N–H and O–H groups in total. The molecule has 0 radical (unpaired) electrons. The fourth-order valence-electron chi connectivity index (χ4n) is 3.20. The van der Waals surface area contributed by atoms with Crippen molar-refractivity contribution in [1.29, 1.82) is 0 Å². The van der Waals surface area contributed by atoms with Crippen molar-refractivity contribution < 1.29 is 14.0 Å². The number of benzene rings is 1. The third-order valence-corrected chi connectivity index (χ3v) is 4.87. The fourth-order valence-corrected chi connectivity index (χ4v) is 3.20. The average molecular weight is 333 g/mol. The van der Waals surface area contributed by atoms with Crippen molar-refractivity contribution in [3.05, 3.63) is 30.1 Å². The summed E-state index contributed by atoms with van der Waals surface area (Å²) >= 11 is 0. The smallest absolute Gasteiger partial charge is 0.238 e. The van der Waals surface area contributed by atoms with Gasteiger partial charge in [0, 0.05) is 37.8 Å². The molecule has 1 heterocycles. The van der Waals surface area contributed by atoms with Crippen LogP contribution < -0.4 is 5.32 Å². The summed E-state index contributed by atoms with van der Waals surface area (Å²) in [5.41, 5.74) is 0.603. The summed E-state index contributed by atoms with van der Waals surface area (Å²) in [4.78, 5) is 28.2. The van der Waals surface area contributed by atoms with Crippen molar-refractivity contribution in [2.75, 3.05) is 32.0 Å². The number of nitrogens with one attached hydrogen (secondary N) is 1. The largest absolute Gasteiger partial charge is 0.342 e. The molecule has 2 aliphatic rings. The second-order valence-electron chi connectivity index (χ2n) is 6.79. The van der Waals surface area contributed by atoms with Crippen LogP contribution in [0.5, 0.6) is 0 Å². The van der Waals surface area contributed by atoms with Crippen LogP contribution in [0.3, 0.4) is 0 Å². The number of piperidine rings is 1. The Hall–Kier alpha value is -1.95.